The van der Waals surface area contributed by atoms with Gasteiger partial charge in [0.25, 0.3) is 0 Å². The van der Waals surface area contributed by atoms with Crippen LogP contribution in [0.4, 0.5) is 5.69 Å². The normalized spacial score (nSPS) is 11.4. The number of furan rings is 1. The summed E-state index contributed by atoms with van der Waals surface area (Å²) < 4.78 is 7.87. The van der Waals surface area contributed by atoms with Crippen molar-refractivity contribution < 1.29 is 4.42 Å². The molecule has 146 valence electrons. The Labute approximate surface area is 178 Å². The van der Waals surface area contributed by atoms with Gasteiger partial charge in [0, 0.05) is 22.2 Å². The van der Waals surface area contributed by atoms with E-state index in [0.717, 1.165) is 27.9 Å². The Morgan fingerprint density at radius 3 is 2.60 bits per heavy atom. The number of aromatic nitrogens is 2. The number of benzene rings is 3. The van der Waals surface area contributed by atoms with Gasteiger partial charge in [-0.15, -0.1) is 0 Å². The highest BCUT2D eigenvalue weighted by Crippen LogP contribution is 2.29. The molecular weight excluding hydrogens is 396 g/mol. The summed E-state index contributed by atoms with van der Waals surface area (Å²) in [5.74, 6) is 0.690. The zero-order valence-corrected chi connectivity index (χ0v) is 16.6. The Hall–Kier alpha value is -3.83. The van der Waals surface area contributed by atoms with Crippen LogP contribution in [0.5, 0.6) is 0 Å². The highest BCUT2D eigenvalue weighted by Gasteiger charge is 2.15. The van der Waals surface area contributed by atoms with Crippen LogP contribution in [0.1, 0.15) is 5.56 Å². The first-order chi connectivity index (χ1) is 14.8. The van der Waals surface area contributed by atoms with Gasteiger partial charge in [-0.1, -0.05) is 54.1 Å². The number of hydrogen-bond donors (Lipinski definition) is 1. The summed E-state index contributed by atoms with van der Waals surface area (Å²) in [6.45, 7) is 0. The molecule has 0 aliphatic rings. The molecule has 0 saturated carbocycles. The number of hydrogen-bond acceptors (Lipinski definition) is 4. The fraction of sp³-hybridized carbons (Fsp3) is 0. The van der Waals surface area contributed by atoms with E-state index in [2.05, 4.69) is 10.5 Å². The number of nitrogens with one attached hydrogen (secondary N) is 1. The molecule has 30 heavy (non-hydrogen) atoms. The molecule has 5 rings (SSSR count). The number of rotatable bonds is 5. The molecule has 0 aliphatic carbocycles. The molecule has 5 nitrogen and oxygen atoms in total. The predicted octanol–water partition coefficient (Wildman–Crippen LogP) is 6.38. The second-order valence-electron chi connectivity index (χ2n) is 6.74. The maximum absolute atomic E-state index is 6.05. The molecule has 0 saturated heterocycles. The minimum Gasteiger partial charge on any atom is -0.454 e. The molecule has 0 amide bonds. The molecule has 6 heteroatoms. The first-order valence-electron chi connectivity index (χ1n) is 9.45. The molecule has 0 atom stereocenters. The first-order valence-corrected chi connectivity index (χ1v) is 9.83. The third-order valence-electron chi connectivity index (χ3n) is 4.64. The molecule has 2 heterocycles. The minimum atomic E-state index is 0.648. The van der Waals surface area contributed by atoms with Crippen LogP contribution in [0.25, 0.3) is 28.1 Å². The van der Waals surface area contributed by atoms with Crippen molar-refractivity contribution >= 4 is 34.5 Å². The highest BCUT2D eigenvalue weighted by atomic mass is 35.5. The van der Waals surface area contributed by atoms with Crippen molar-refractivity contribution in [2.24, 2.45) is 5.10 Å². The van der Waals surface area contributed by atoms with Crippen LogP contribution in [0.15, 0.2) is 101 Å². The van der Waals surface area contributed by atoms with E-state index in [1.54, 1.807) is 6.21 Å². The molecule has 0 unspecified atom stereocenters. The number of halogens is 1. The number of hydrazone groups is 1. The Balaban J connectivity index is 1.54. The van der Waals surface area contributed by atoms with Crippen LogP contribution in [0.2, 0.25) is 5.02 Å². The van der Waals surface area contributed by atoms with E-state index in [4.69, 9.17) is 21.1 Å². The van der Waals surface area contributed by atoms with Crippen molar-refractivity contribution in [3.63, 3.8) is 0 Å². The van der Waals surface area contributed by atoms with Gasteiger partial charge in [-0.2, -0.15) is 10.2 Å². The van der Waals surface area contributed by atoms with Crippen molar-refractivity contribution in [3.05, 3.63) is 102 Å². The summed E-state index contributed by atoms with van der Waals surface area (Å²) in [5.41, 5.74) is 7.13. The van der Waals surface area contributed by atoms with E-state index in [1.165, 1.54) is 0 Å². The van der Waals surface area contributed by atoms with Crippen molar-refractivity contribution in [2.75, 3.05) is 5.43 Å². The van der Waals surface area contributed by atoms with E-state index >= 15 is 0 Å². The zero-order valence-electron chi connectivity index (χ0n) is 15.9. The topological polar surface area (TPSA) is 55.4 Å². The van der Waals surface area contributed by atoms with Gasteiger partial charge in [-0.25, -0.2) is 4.68 Å². The van der Waals surface area contributed by atoms with Crippen LogP contribution in [-0.2, 0) is 0 Å². The number of anilines is 1. The molecule has 0 fully saturated rings. The summed E-state index contributed by atoms with van der Waals surface area (Å²) in [4.78, 5) is 0. The lowest BCUT2D eigenvalue weighted by Crippen LogP contribution is -1.93. The fourth-order valence-corrected chi connectivity index (χ4v) is 3.41. The lowest BCUT2D eigenvalue weighted by atomic mass is 10.2. The Morgan fingerprint density at radius 1 is 0.933 bits per heavy atom. The minimum absolute atomic E-state index is 0.648. The molecule has 1 N–H and O–H groups in total. The summed E-state index contributed by atoms with van der Waals surface area (Å²) in [6.07, 6.45) is 3.66. The van der Waals surface area contributed by atoms with Crippen LogP contribution < -0.4 is 5.43 Å². The average molecular weight is 413 g/mol. The van der Waals surface area contributed by atoms with Gasteiger partial charge >= 0.3 is 0 Å². The molecule has 0 bridgehead atoms. The summed E-state index contributed by atoms with van der Waals surface area (Å²) in [6, 6.07) is 27.2. The second-order valence-corrected chi connectivity index (χ2v) is 7.18. The Kier molecular flexibility index (Phi) is 4.79. The zero-order chi connectivity index (χ0) is 20.3. The lowest BCUT2D eigenvalue weighted by molar-refractivity contribution is 0.627. The molecule has 3 aromatic carbocycles. The van der Waals surface area contributed by atoms with E-state index in [9.17, 15) is 0 Å². The smallest absolute Gasteiger partial charge is 0.156 e. The summed E-state index contributed by atoms with van der Waals surface area (Å²) >= 11 is 6.04. The lowest BCUT2D eigenvalue weighted by Gasteiger charge is -1.99. The van der Waals surface area contributed by atoms with Gasteiger partial charge in [0.2, 0.25) is 0 Å². The van der Waals surface area contributed by atoms with E-state index in [1.807, 2.05) is 95.8 Å². The largest absolute Gasteiger partial charge is 0.454 e. The number of fused-ring (bicyclic) bond motifs is 1. The Bertz CT molecular complexity index is 1300. The van der Waals surface area contributed by atoms with Gasteiger partial charge in [-0.05, 0) is 42.5 Å². The maximum atomic E-state index is 6.05. The van der Waals surface area contributed by atoms with E-state index in [0.29, 0.717) is 16.5 Å². The highest BCUT2D eigenvalue weighted by molar-refractivity contribution is 6.30. The van der Waals surface area contributed by atoms with Crippen LogP contribution in [0, 0.1) is 0 Å². The quantitative estimate of drug-likeness (QED) is 0.269. The third-order valence-corrected chi connectivity index (χ3v) is 4.88. The molecule has 0 spiro atoms. The first kappa shape index (κ1) is 18.2. The van der Waals surface area contributed by atoms with Gasteiger partial charge in [0.05, 0.1) is 17.6 Å². The van der Waals surface area contributed by atoms with Gasteiger partial charge in [-0.3, -0.25) is 5.43 Å². The molecule has 2 aromatic heterocycles. The summed E-state index contributed by atoms with van der Waals surface area (Å²) in [7, 11) is 0. The second kappa shape index (κ2) is 7.89. The standard InChI is InChI=1S/C24H17ClN4O/c25-19-8-6-9-20(14-19)27-26-15-18-16-29(21-10-2-1-3-11-21)28-24(18)23-13-17-7-4-5-12-22(17)30-23/h1-16,27H/b26-15+. The third kappa shape index (κ3) is 3.71. The van der Waals surface area contributed by atoms with E-state index < -0.39 is 0 Å². The molecular formula is C24H17ClN4O. The predicted molar refractivity (Wildman–Crippen MR) is 121 cm³/mol. The van der Waals surface area contributed by atoms with Crippen LogP contribution >= 0.6 is 11.6 Å². The summed E-state index contributed by atoms with van der Waals surface area (Å²) in [5, 5.41) is 10.8. The number of nitrogens with zero attached hydrogens (tertiary/aromatic N) is 3. The molecule has 5 aromatic rings. The Morgan fingerprint density at radius 2 is 1.77 bits per heavy atom. The van der Waals surface area contributed by atoms with Crippen molar-refractivity contribution in [3.8, 4) is 17.1 Å². The van der Waals surface area contributed by atoms with Gasteiger partial charge < -0.3 is 4.42 Å². The van der Waals surface area contributed by atoms with Crippen molar-refractivity contribution in [1.82, 2.24) is 9.78 Å². The van der Waals surface area contributed by atoms with E-state index in [-0.39, 0.29) is 0 Å². The van der Waals surface area contributed by atoms with Crippen molar-refractivity contribution in [1.29, 1.82) is 0 Å². The average Bonchev–Trinajstić information content (AvgIpc) is 3.38. The molecule has 0 radical (unpaired) electrons. The number of para-hydroxylation sites is 2. The maximum Gasteiger partial charge on any atom is 0.156 e. The van der Waals surface area contributed by atoms with Gasteiger partial charge in [0.15, 0.2) is 5.76 Å². The monoisotopic (exact) mass is 412 g/mol. The van der Waals surface area contributed by atoms with Crippen molar-refractivity contribution in [2.45, 2.75) is 0 Å². The van der Waals surface area contributed by atoms with Crippen LogP contribution in [0.3, 0.4) is 0 Å². The SMILES string of the molecule is Clc1cccc(N/N=C/c2cn(-c3ccccc3)nc2-c2cc3ccccc3o2)c1. The molecule has 0 aliphatic heterocycles. The fourth-order valence-electron chi connectivity index (χ4n) is 3.22. The van der Waals surface area contributed by atoms with Gasteiger partial charge in [0.1, 0.15) is 11.3 Å². The van der Waals surface area contributed by atoms with Crippen LogP contribution in [-0.4, -0.2) is 16.0 Å².